The van der Waals surface area contributed by atoms with Crippen LogP contribution in [0.3, 0.4) is 0 Å². The number of allylic oxidation sites excluding steroid dienone is 1. The molecule has 1 N–H and O–H groups in total. The number of nitrogens with zero attached hydrogens (tertiary/aromatic N) is 2. The average Bonchev–Trinajstić information content (AvgIpc) is 2.95. The molecule has 0 bridgehead atoms. The minimum atomic E-state index is 0.120. The van der Waals surface area contributed by atoms with Gasteiger partial charge in [0.1, 0.15) is 11.9 Å². The van der Waals surface area contributed by atoms with Crippen LogP contribution < -0.4 is 0 Å². The number of nitrogens with one attached hydrogen (secondary N) is 1. The smallest absolute Gasteiger partial charge is 0.149 e. The van der Waals surface area contributed by atoms with Gasteiger partial charge < -0.3 is 4.98 Å². The first-order valence-electron chi connectivity index (χ1n) is 8.47. The van der Waals surface area contributed by atoms with E-state index < -0.39 is 0 Å². The summed E-state index contributed by atoms with van der Waals surface area (Å²) in [6, 6.07) is 14.7. The molecule has 0 aliphatic carbocycles. The summed E-state index contributed by atoms with van der Waals surface area (Å²) in [6.07, 6.45) is 1.88. The van der Waals surface area contributed by atoms with Crippen LogP contribution >= 0.6 is 0 Å². The Labute approximate surface area is 149 Å². The summed E-state index contributed by atoms with van der Waals surface area (Å²) in [5.74, 6) is 0.613. The van der Waals surface area contributed by atoms with Gasteiger partial charge in [-0.25, -0.2) is 4.98 Å². The highest BCUT2D eigenvalue weighted by atomic mass is 14.9. The van der Waals surface area contributed by atoms with Crippen molar-refractivity contribution in [2.75, 3.05) is 0 Å². The van der Waals surface area contributed by atoms with Crippen LogP contribution in [0.5, 0.6) is 0 Å². The summed E-state index contributed by atoms with van der Waals surface area (Å²) in [7, 11) is 0. The lowest BCUT2D eigenvalue weighted by Gasteiger charge is -2.18. The SMILES string of the molecule is Cc1cc2nc(/C(C#N)=C\c3ccc(C(C)(C)C)cc3)[nH]c2cc1C. The van der Waals surface area contributed by atoms with E-state index in [0.29, 0.717) is 11.4 Å². The van der Waals surface area contributed by atoms with E-state index >= 15 is 0 Å². The maximum absolute atomic E-state index is 9.58. The van der Waals surface area contributed by atoms with Crippen molar-refractivity contribution in [3.8, 4) is 6.07 Å². The Balaban J connectivity index is 2.00. The number of benzene rings is 2. The Hall–Kier alpha value is -2.86. The number of aromatic nitrogens is 2. The molecule has 126 valence electrons. The van der Waals surface area contributed by atoms with Crippen LogP contribution in [0.25, 0.3) is 22.7 Å². The molecule has 2 aromatic carbocycles. The third kappa shape index (κ3) is 3.49. The van der Waals surface area contributed by atoms with Gasteiger partial charge in [-0.05, 0) is 59.7 Å². The molecule has 0 unspecified atom stereocenters. The molecule has 25 heavy (non-hydrogen) atoms. The highest BCUT2D eigenvalue weighted by molar-refractivity contribution is 5.90. The Morgan fingerprint density at radius 1 is 1.08 bits per heavy atom. The van der Waals surface area contributed by atoms with Gasteiger partial charge in [0.25, 0.3) is 0 Å². The van der Waals surface area contributed by atoms with Crippen LogP contribution in [0.1, 0.15) is 48.8 Å². The van der Waals surface area contributed by atoms with E-state index in [1.54, 1.807) is 0 Å². The molecule has 3 heteroatoms. The Morgan fingerprint density at radius 2 is 1.72 bits per heavy atom. The molecule has 0 radical (unpaired) electrons. The van der Waals surface area contributed by atoms with Crippen LogP contribution in [0.15, 0.2) is 36.4 Å². The number of nitriles is 1. The van der Waals surface area contributed by atoms with Gasteiger partial charge in [-0.2, -0.15) is 5.26 Å². The molecule has 3 rings (SSSR count). The molecule has 0 amide bonds. The largest absolute Gasteiger partial charge is 0.337 e. The van der Waals surface area contributed by atoms with E-state index in [4.69, 9.17) is 0 Å². The van der Waals surface area contributed by atoms with Crippen molar-refractivity contribution in [1.82, 2.24) is 9.97 Å². The maximum Gasteiger partial charge on any atom is 0.149 e. The Morgan fingerprint density at radius 3 is 2.32 bits per heavy atom. The van der Waals surface area contributed by atoms with Crippen molar-refractivity contribution in [1.29, 1.82) is 5.26 Å². The van der Waals surface area contributed by atoms with Crippen molar-refractivity contribution in [2.24, 2.45) is 0 Å². The third-order valence-electron chi connectivity index (χ3n) is 4.56. The fourth-order valence-corrected chi connectivity index (χ4v) is 2.80. The number of aromatic amines is 1. The first-order valence-corrected chi connectivity index (χ1v) is 8.47. The topological polar surface area (TPSA) is 52.5 Å². The highest BCUT2D eigenvalue weighted by Gasteiger charge is 2.13. The molecule has 0 saturated carbocycles. The number of hydrogen-bond donors (Lipinski definition) is 1. The van der Waals surface area contributed by atoms with Crippen LogP contribution in [0.4, 0.5) is 0 Å². The second-order valence-electron chi connectivity index (χ2n) is 7.58. The summed E-state index contributed by atoms with van der Waals surface area (Å²) in [5.41, 5.74) is 7.19. The van der Waals surface area contributed by atoms with Crippen LogP contribution in [-0.4, -0.2) is 9.97 Å². The summed E-state index contributed by atoms with van der Waals surface area (Å²) < 4.78 is 0. The van der Waals surface area contributed by atoms with Gasteiger partial charge in [-0.15, -0.1) is 0 Å². The van der Waals surface area contributed by atoms with E-state index in [1.807, 2.05) is 6.08 Å². The number of rotatable bonds is 2. The van der Waals surface area contributed by atoms with Crippen molar-refractivity contribution in [3.63, 3.8) is 0 Å². The van der Waals surface area contributed by atoms with Crippen molar-refractivity contribution >= 4 is 22.7 Å². The molecule has 0 aliphatic heterocycles. The number of H-pyrrole nitrogens is 1. The monoisotopic (exact) mass is 329 g/mol. The van der Waals surface area contributed by atoms with Gasteiger partial charge >= 0.3 is 0 Å². The normalized spacial score (nSPS) is 12.4. The third-order valence-corrected chi connectivity index (χ3v) is 4.56. The molecule has 1 aromatic heterocycles. The van der Waals surface area contributed by atoms with Gasteiger partial charge in [0.15, 0.2) is 0 Å². The van der Waals surface area contributed by atoms with E-state index in [9.17, 15) is 5.26 Å². The minimum Gasteiger partial charge on any atom is -0.337 e. The minimum absolute atomic E-state index is 0.120. The number of fused-ring (bicyclic) bond motifs is 1. The second-order valence-corrected chi connectivity index (χ2v) is 7.58. The van der Waals surface area contributed by atoms with Crippen LogP contribution in [-0.2, 0) is 5.41 Å². The van der Waals surface area contributed by atoms with E-state index in [2.05, 4.69) is 87.1 Å². The van der Waals surface area contributed by atoms with E-state index in [0.717, 1.165) is 16.6 Å². The lowest BCUT2D eigenvalue weighted by atomic mass is 9.86. The van der Waals surface area contributed by atoms with Crippen LogP contribution in [0, 0.1) is 25.2 Å². The van der Waals surface area contributed by atoms with E-state index in [1.165, 1.54) is 16.7 Å². The Bertz CT molecular complexity index is 952. The number of imidazole rings is 1. The fourth-order valence-electron chi connectivity index (χ4n) is 2.80. The summed E-state index contributed by atoms with van der Waals surface area (Å²) in [5, 5.41) is 9.58. The van der Waals surface area contributed by atoms with Crippen LogP contribution in [0.2, 0.25) is 0 Å². The molecule has 0 spiro atoms. The zero-order chi connectivity index (χ0) is 18.2. The second kappa shape index (κ2) is 6.22. The van der Waals surface area contributed by atoms with Gasteiger partial charge in [-0.3, -0.25) is 0 Å². The van der Waals surface area contributed by atoms with Gasteiger partial charge in [0, 0.05) is 0 Å². The predicted molar refractivity (Wildman–Crippen MR) is 104 cm³/mol. The Kier molecular flexibility index (Phi) is 4.22. The van der Waals surface area contributed by atoms with E-state index in [-0.39, 0.29) is 5.41 Å². The fraction of sp³-hybridized carbons (Fsp3) is 0.273. The maximum atomic E-state index is 9.58. The van der Waals surface area contributed by atoms with Crippen molar-refractivity contribution in [2.45, 2.75) is 40.0 Å². The molecular formula is C22H23N3. The average molecular weight is 329 g/mol. The molecule has 0 saturated heterocycles. The first kappa shape index (κ1) is 17.0. The van der Waals surface area contributed by atoms with Crippen molar-refractivity contribution in [3.05, 3.63) is 64.5 Å². The molecular weight excluding hydrogens is 306 g/mol. The van der Waals surface area contributed by atoms with Crippen molar-refractivity contribution < 1.29 is 0 Å². The standard InChI is InChI=1S/C22H23N3/c1-14-10-19-20(11-15(14)2)25-21(24-19)17(13-23)12-16-6-8-18(9-7-16)22(3,4)5/h6-12H,1-5H3,(H,24,25)/b17-12-. The highest BCUT2D eigenvalue weighted by Crippen LogP contribution is 2.25. The summed E-state index contributed by atoms with van der Waals surface area (Å²) in [6.45, 7) is 10.7. The number of hydrogen-bond acceptors (Lipinski definition) is 2. The molecule has 0 atom stereocenters. The predicted octanol–water partition coefficient (Wildman–Crippen LogP) is 5.54. The molecule has 3 aromatic rings. The first-order chi connectivity index (χ1) is 11.8. The lowest BCUT2D eigenvalue weighted by Crippen LogP contribution is -2.10. The molecule has 1 heterocycles. The zero-order valence-corrected chi connectivity index (χ0v) is 15.4. The molecule has 0 fully saturated rings. The summed E-state index contributed by atoms with van der Waals surface area (Å²) in [4.78, 5) is 7.86. The zero-order valence-electron chi connectivity index (χ0n) is 15.4. The number of aryl methyl sites for hydroxylation is 2. The van der Waals surface area contributed by atoms with Gasteiger partial charge in [0.2, 0.25) is 0 Å². The van der Waals surface area contributed by atoms with Gasteiger partial charge in [-0.1, -0.05) is 45.0 Å². The molecule has 3 nitrogen and oxygen atoms in total. The lowest BCUT2D eigenvalue weighted by molar-refractivity contribution is 0.590. The quantitative estimate of drug-likeness (QED) is 0.627. The van der Waals surface area contributed by atoms with Gasteiger partial charge in [0.05, 0.1) is 16.6 Å². The summed E-state index contributed by atoms with van der Waals surface area (Å²) >= 11 is 0. The molecule has 0 aliphatic rings.